The Labute approximate surface area is 180 Å². The molecule has 31 heavy (non-hydrogen) atoms. The molecular weight excluding hydrogens is 388 g/mol. The van der Waals surface area contributed by atoms with Gasteiger partial charge in [0.05, 0.1) is 19.0 Å². The van der Waals surface area contributed by atoms with E-state index in [0.29, 0.717) is 11.3 Å². The molecule has 6 nitrogen and oxygen atoms in total. The van der Waals surface area contributed by atoms with Crippen molar-refractivity contribution in [3.05, 3.63) is 102 Å². The molecule has 154 valence electrons. The van der Waals surface area contributed by atoms with E-state index in [4.69, 9.17) is 9.84 Å². The van der Waals surface area contributed by atoms with E-state index >= 15 is 0 Å². The van der Waals surface area contributed by atoms with E-state index in [0.717, 1.165) is 22.5 Å². The monoisotopic (exact) mass is 410 g/mol. The van der Waals surface area contributed by atoms with Crippen LogP contribution in [0.4, 0.5) is 0 Å². The van der Waals surface area contributed by atoms with Crippen molar-refractivity contribution in [3.8, 4) is 22.7 Å². The quantitative estimate of drug-likeness (QED) is 0.372. The molecule has 0 spiro atoms. The Morgan fingerprint density at radius 2 is 1.71 bits per heavy atom. The van der Waals surface area contributed by atoms with Crippen molar-refractivity contribution in [1.82, 2.24) is 15.2 Å². The Bertz CT molecular complexity index is 1190. The smallest absolute Gasteiger partial charge is 0.271 e. The molecule has 0 bridgehead atoms. The molecule has 1 amide bonds. The highest BCUT2D eigenvalue weighted by molar-refractivity contribution is 5.95. The number of hydrazone groups is 1. The van der Waals surface area contributed by atoms with Gasteiger partial charge in [-0.15, -0.1) is 0 Å². The van der Waals surface area contributed by atoms with E-state index in [9.17, 15) is 4.79 Å². The molecule has 0 saturated heterocycles. The first-order valence-corrected chi connectivity index (χ1v) is 9.83. The SMILES string of the molecule is COc1ccc(C(=O)NN=Cc2cn(-c3ccccc3)nc2-c2ccc(C)cc2)cc1. The van der Waals surface area contributed by atoms with Crippen LogP contribution < -0.4 is 10.2 Å². The van der Waals surface area contributed by atoms with E-state index in [2.05, 4.69) is 10.5 Å². The lowest BCUT2D eigenvalue weighted by molar-refractivity contribution is 0.0955. The molecule has 0 aliphatic carbocycles. The number of nitrogens with one attached hydrogen (secondary N) is 1. The molecule has 1 N–H and O–H groups in total. The third-order valence-corrected chi connectivity index (χ3v) is 4.81. The van der Waals surface area contributed by atoms with Gasteiger partial charge in [-0.3, -0.25) is 4.79 Å². The van der Waals surface area contributed by atoms with E-state index in [1.54, 1.807) is 37.6 Å². The maximum Gasteiger partial charge on any atom is 0.271 e. The van der Waals surface area contributed by atoms with Crippen LogP contribution in [0, 0.1) is 6.92 Å². The minimum absolute atomic E-state index is 0.300. The van der Waals surface area contributed by atoms with Crippen LogP contribution in [-0.4, -0.2) is 29.0 Å². The highest BCUT2D eigenvalue weighted by atomic mass is 16.5. The highest BCUT2D eigenvalue weighted by Crippen LogP contribution is 2.23. The van der Waals surface area contributed by atoms with Gasteiger partial charge in [0, 0.05) is 22.9 Å². The van der Waals surface area contributed by atoms with Gasteiger partial charge in [0.1, 0.15) is 11.4 Å². The molecule has 4 rings (SSSR count). The Kier molecular flexibility index (Phi) is 5.89. The zero-order chi connectivity index (χ0) is 21.6. The van der Waals surface area contributed by atoms with Crippen molar-refractivity contribution < 1.29 is 9.53 Å². The second-order valence-corrected chi connectivity index (χ2v) is 7.01. The minimum atomic E-state index is -0.300. The van der Waals surface area contributed by atoms with Crippen LogP contribution in [0.25, 0.3) is 16.9 Å². The van der Waals surface area contributed by atoms with Gasteiger partial charge in [0.15, 0.2) is 0 Å². The van der Waals surface area contributed by atoms with E-state index in [-0.39, 0.29) is 5.91 Å². The number of para-hydroxylation sites is 1. The fourth-order valence-electron chi connectivity index (χ4n) is 3.10. The summed E-state index contributed by atoms with van der Waals surface area (Å²) >= 11 is 0. The number of rotatable bonds is 6. The number of methoxy groups -OCH3 is 1. The molecule has 0 saturated carbocycles. The summed E-state index contributed by atoms with van der Waals surface area (Å²) in [6.45, 7) is 2.05. The van der Waals surface area contributed by atoms with E-state index in [1.807, 2.05) is 72.4 Å². The number of aromatic nitrogens is 2. The third kappa shape index (κ3) is 4.70. The van der Waals surface area contributed by atoms with Crippen LogP contribution in [-0.2, 0) is 0 Å². The average Bonchev–Trinajstić information content (AvgIpc) is 3.24. The van der Waals surface area contributed by atoms with Crippen LogP contribution in [0.5, 0.6) is 5.75 Å². The van der Waals surface area contributed by atoms with Crippen LogP contribution in [0.1, 0.15) is 21.5 Å². The summed E-state index contributed by atoms with van der Waals surface area (Å²) in [5, 5.41) is 8.92. The van der Waals surface area contributed by atoms with Gasteiger partial charge in [-0.25, -0.2) is 10.1 Å². The summed E-state index contributed by atoms with van der Waals surface area (Å²) in [6.07, 6.45) is 3.51. The van der Waals surface area contributed by atoms with Gasteiger partial charge in [-0.2, -0.15) is 10.2 Å². The molecular formula is C25H22N4O2. The zero-order valence-electron chi connectivity index (χ0n) is 17.3. The zero-order valence-corrected chi connectivity index (χ0v) is 17.3. The molecule has 4 aromatic rings. The van der Waals surface area contributed by atoms with Gasteiger partial charge < -0.3 is 4.74 Å². The van der Waals surface area contributed by atoms with Gasteiger partial charge in [-0.05, 0) is 43.3 Å². The third-order valence-electron chi connectivity index (χ3n) is 4.81. The highest BCUT2D eigenvalue weighted by Gasteiger charge is 2.11. The number of nitrogens with zero attached hydrogens (tertiary/aromatic N) is 3. The van der Waals surface area contributed by atoms with Gasteiger partial charge in [0.25, 0.3) is 5.91 Å². The Morgan fingerprint density at radius 3 is 2.39 bits per heavy atom. The van der Waals surface area contributed by atoms with Gasteiger partial charge >= 0.3 is 0 Å². The number of benzene rings is 3. The summed E-state index contributed by atoms with van der Waals surface area (Å²) in [5.74, 6) is 0.391. The predicted molar refractivity (Wildman–Crippen MR) is 122 cm³/mol. The summed E-state index contributed by atoms with van der Waals surface area (Å²) < 4.78 is 6.93. The van der Waals surface area contributed by atoms with Crippen molar-refractivity contribution in [2.24, 2.45) is 5.10 Å². The van der Waals surface area contributed by atoms with Crippen LogP contribution in [0.3, 0.4) is 0 Å². The Balaban J connectivity index is 1.60. The molecule has 1 aromatic heterocycles. The average molecular weight is 410 g/mol. The molecule has 3 aromatic carbocycles. The lowest BCUT2D eigenvalue weighted by Gasteiger charge is -2.02. The van der Waals surface area contributed by atoms with Crippen molar-refractivity contribution >= 4 is 12.1 Å². The Morgan fingerprint density at radius 1 is 1.00 bits per heavy atom. The lowest BCUT2D eigenvalue weighted by Crippen LogP contribution is -2.17. The first-order valence-electron chi connectivity index (χ1n) is 9.83. The predicted octanol–water partition coefficient (Wildman–Crippen LogP) is 4.62. The summed E-state index contributed by atoms with van der Waals surface area (Å²) in [4.78, 5) is 12.4. The fourth-order valence-corrected chi connectivity index (χ4v) is 3.10. The first-order chi connectivity index (χ1) is 15.1. The van der Waals surface area contributed by atoms with E-state index in [1.165, 1.54) is 5.56 Å². The second kappa shape index (κ2) is 9.09. The maximum absolute atomic E-state index is 12.4. The van der Waals surface area contributed by atoms with Crippen LogP contribution in [0.2, 0.25) is 0 Å². The largest absolute Gasteiger partial charge is 0.497 e. The standard InChI is InChI=1S/C25H22N4O2/c1-18-8-10-19(11-9-18)24-21(17-29(28-24)22-6-4-3-5-7-22)16-26-27-25(30)20-12-14-23(31-2)15-13-20/h3-17H,1-2H3,(H,27,30). The summed E-state index contributed by atoms with van der Waals surface area (Å²) in [6, 6.07) is 24.9. The number of amides is 1. The van der Waals surface area contributed by atoms with Gasteiger partial charge in [-0.1, -0.05) is 48.0 Å². The number of aryl methyl sites for hydroxylation is 1. The first kappa shape index (κ1) is 20.1. The van der Waals surface area contributed by atoms with E-state index < -0.39 is 0 Å². The molecule has 0 radical (unpaired) electrons. The summed E-state index contributed by atoms with van der Waals surface area (Å²) in [7, 11) is 1.58. The van der Waals surface area contributed by atoms with Crippen LogP contribution in [0.15, 0.2) is 90.2 Å². The lowest BCUT2D eigenvalue weighted by atomic mass is 10.1. The number of hydrogen-bond acceptors (Lipinski definition) is 4. The van der Waals surface area contributed by atoms with Crippen molar-refractivity contribution in [3.63, 3.8) is 0 Å². The van der Waals surface area contributed by atoms with Crippen molar-refractivity contribution in [2.75, 3.05) is 7.11 Å². The number of carbonyl (C=O) groups is 1. The normalized spacial score (nSPS) is 10.9. The Hall–Kier alpha value is -4.19. The molecule has 1 heterocycles. The molecule has 0 aliphatic heterocycles. The van der Waals surface area contributed by atoms with Gasteiger partial charge in [0.2, 0.25) is 0 Å². The molecule has 6 heteroatoms. The molecule has 0 fully saturated rings. The molecule has 0 aliphatic rings. The van der Waals surface area contributed by atoms with Crippen LogP contribution >= 0.6 is 0 Å². The molecule has 0 atom stereocenters. The number of hydrogen-bond donors (Lipinski definition) is 1. The maximum atomic E-state index is 12.4. The second-order valence-electron chi connectivity index (χ2n) is 7.01. The van der Waals surface area contributed by atoms with Crippen molar-refractivity contribution in [2.45, 2.75) is 6.92 Å². The molecule has 0 unspecified atom stereocenters. The number of ether oxygens (including phenoxy) is 1. The topological polar surface area (TPSA) is 68.5 Å². The number of carbonyl (C=O) groups excluding carboxylic acids is 1. The minimum Gasteiger partial charge on any atom is -0.497 e. The summed E-state index contributed by atoms with van der Waals surface area (Å²) in [5.41, 5.74) is 7.74. The fraction of sp³-hybridized carbons (Fsp3) is 0.0800. The van der Waals surface area contributed by atoms with Crippen molar-refractivity contribution in [1.29, 1.82) is 0 Å².